The van der Waals surface area contributed by atoms with Crippen molar-refractivity contribution in [3.63, 3.8) is 0 Å². The third-order valence-corrected chi connectivity index (χ3v) is 4.44. The normalized spacial score (nSPS) is 23.7. The van der Waals surface area contributed by atoms with Crippen LogP contribution in [0.15, 0.2) is 28.7 Å². The molecule has 2 aromatic rings. The number of para-hydroxylation sites is 2. The third kappa shape index (κ3) is 3.44. The summed E-state index contributed by atoms with van der Waals surface area (Å²) in [7, 11) is 0. The number of hydrogen-bond acceptors (Lipinski definition) is 4. The zero-order chi connectivity index (χ0) is 14.7. The van der Waals surface area contributed by atoms with Crippen LogP contribution in [0.5, 0.6) is 0 Å². The van der Waals surface area contributed by atoms with E-state index in [4.69, 9.17) is 4.42 Å². The Bertz CT molecular complexity index is 562. The van der Waals surface area contributed by atoms with Crippen LogP contribution in [0.3, 0.4) is 0 Å². The Morgan fingerprint density at radius 3 is 3.05 bits per heavy atom. The summed E-state index contributed by atoms with van der Waals surface area (Å²) in [4.78, 5) is 6.98. The first-order valence-corrected chi connectivity index (χ1v) is 7.86. The smallest absolute Gasteiger partial charge is 0.195 e. The van der Waals surface area contributed by atoms with Gasteiger partial charge in [-0.1, -0.05) is 19.1 Å². The number of aliphatic hydroxyl groups excluding tert-OH is 1. The number of fused-ring (bicyclic) bond motifs is 1. The summed E-state index contributed by atoms with van der Waals surface area (Å²) < 4.78 is 5.75. The Morgan fingerprint density at radius 1 is 1.38 bits per heavy atom. The molecular formula is C17H24N2O2. The van der Waals surface area contributed by atoms with Gasteiger partial charge in [0.25, 0.3) is 0 Å². The molecule has 0 saturated carbocycles. The number of oxazole rings is 1. The molecule has 1 unspecified atom stereocenters. The number of piperidine rings is 1. The maximum atomic E-state index is 9.50. The van der Waals surface area contributed by atoms with Gasteiger partial charge in [0.05, 0.1) is 0 Å². The van der Waals surface area contributed by atoms with Gasteiger partial charge >= 0.3 is 0 Å². The van der Waals surface area contributed by atoms with Crippen molar-refractivity contribution in [1.29, 1.82) is 0 Å². The van der Waals surface area contributed by atoms with Gasteiger partial charge in [0.2, 0.25) is 0 Å². The molecule has 3 rings (SSSR count). The molecule has 4 heteroatoms. The van der Waals surface area contributed by atoms with Gasteiger partial charge in [-0.05, 0) is 44.5 Å². The lowest BCUT2D eigenvalue weighted by molar-refractivity contribution is 0.0460. The summed E-state index contributed by atoms with van der Waals surface area (Å²) in [5.74, 6) is 0.832. The van der Waals surface area contributed by atoms with E-state index in [1.807, 2.05) is 24.3 Å². The van der Waals surface area contributed by atoms with Crippen molar-refractivity contribution in [3.05, 3.63) is 30.2 Å². The topological polar surface area (TPSA) is 49.5 Å². The Hall–Kier alpha value is -1.39. The number of aliphatic hydroxyl groups is 1. The van der Waals surface area contributed by atoms with Crippen molar-refractivity contribution in [1.82, 2.24) is 9.88 Å². The molecule has 0 radical (unpaired) electrons. The summed E-state index contributed by atoms with van der Waals surface area (Å²) in [5.41, 5.74) is 1.90. The molecule has 0 bridgehead atoms. The minimum absolute atomic E-state index is 0.0792. The summed E-state index contributed by atoms with van der Waals surface area (Å²) in [5, 5.41) is 9.50. The summed E-state index contributed by atoms with van der Waals surface area (Å²) >= 11 is 0. The lowest BCUT2D eigenvalue weighted by Crippen LogP contribution is -2.43. The van der Waals surface area contributed by atoms with Gasteiger partial charge in [0.1, 0.15) is 5.52 Å². The fourth-order valence-electron chi connectivity index (χ4n) is 3.23. The summed E-state index contributed by atoms with van der Waals surface area (Å²) in [6.07, 6.45) is 4.24. The average Bonchev–Trinajstić information content (AvgIpc) is 2.90. The zero-order valence-electron chi connectivity index (χ0n) is 12.7. The first-order chi connectivity index (χ1) is 10.2. The predicted molar refractivity (Wildman–Crippen MR) is 83.2 cm³/mol. The Labute approximate surface area is 125 Å². The van der Waals surface area contributed by atoms with Crippen LogP contribution < -0.4 is 0 Å². The van der Waals surface area contributed by atoms with Crippen molar-refractivity contribution in [2.45, 2.75) is 32.6 Å². The second-order valence-corrected chi connectivity index (χ2v) is 6.53. The van der Waals surface area contributed by atoms with Gasteiger partial charge in [-0.2, -0.15) is 0 Å². The number of aromatic nitrogens is 1. The van der Waals surface area contributed by atoms with Crippen LogP contribution >= 0.6 is 0 Å². The van der Waals surface area contributed by atoms with E-state index in [0.717, 1.165) is 55.9 Å². The fraction of sp³-hybridized carbons (Fsp3) is 0.588. The maximum absolute atomic E-state index is 9.50. The van der Waals surface area contributed by atoms with Crippen molar-refractivity contribution in [2.24, 2.45) is 5.41 Å². The van der Waals surface area contributed by atoms with Crippen LogP contribution in [0.2, 0.25) is 0 Å². The second-order valence-electron chi connectivity index (χ2n) is 6.53. The van der Waals surface area contributed by atoms with E-state index < -0.39 is 0 Å². The first-order valence-electron chi connectivity index (χ1n) is 7.86. The van der Waals surface area contributed by atoms with E-state index in [1.165, 1.54) is 6.42 Å². The number of aryl methyl sites for hydroxylation is 1. The van der Waals surface area contributed by atoms with Gasteiger partial charge in [-0.25, -0.2) is 4.98 Å². The quantitative estimate of drug-likeness (QED) is 0.919. The molecule has 21 heavy (non-hydrogen) atoms. The molecule has 1 aromatic heterocycles. The van der Waals surface area contributed by atoms with Crippen LogP contribution in [0.25, 0.3) is 11.1 Å². The summed E-state index contributed by atoms with van der Waals surface area (Å²) in [6.45, 7) is 5.66. The molecule has 0 spiro atoms. The first kappa shape index (κ1) is 14.5. The van der Waals surface area contributed by atoms with E-state index in [2.05, 4.69) is 16.8 Å². The van der Waals surface area contributed by atoms with E-state index in [0.29, 0.717) is 0 Å². The van der Waals surface area contributed by atoms with E-state index >= 15 is 0 Å². The average molecular weight is 288 g/mol. The highest BCUT2D eigenvalue weighted by Crippen LogP contribution is 2.28. The number of likely N-dealkylation sites (tertiary alicyclic amines) is 1. The molecular weight excluding hydrogens is 264 g/mol. The highest BCUT2D eigenvalue weighted by molar-refractivity contribution is 5.72. The SMILES string of the molecule is CC1(CO)CCCN(CCCc2nc3ccccc3o2)C1. The van der Waals surface area contributed by atoms with Crippen LogP contribution in [-0.4, -0.2) is 41.2 Å². The standard InChI is InChI=1S/C17H24N2O2/c1-17(13-20)9-5-11-19(12-17)10-4-8-16-18-14-6-2-3-7-15(14)21-16/h2-3,6-7,20H,4-5,8-13H2,1H3. The molecule has 1 N–H and O–H groups in total. The molecule has 1 aliphatic rings. The molecule has 1 saturated heterocycles. The van der Waals surface area contributed by atoms with Crippen LogP contribution in [-0.2, 0) is 6.42 Å². The van der Waals surface area contributed by atoms with Crippen LogP contribution in [0.1, 0.15) is 32.1 Å². The van der Waals surface area contributed by atoms with Gasteiger partial charge < -0.3 is 14.4 Å². The number of rotatable bonds is 5. The molecule has 114 valence electrons. The zero-order valence-corrected chi connectivity index (χ0v) is 12.7. The molecule has 0 amide bonds. The van der Waals surface area contributed by atoms with Gasteiger partial charge in [-0.3, -0.25) is 0 Å². The molecule has 0 aliphatic carbocycles. The Morgan fingerprint density at radius 2 is 2.24 bits per heavy atom. The monoisotopic (exact) mass is 288 g/mol. The third-order valence-electron chi connectivity index (χ3n) is 4.44. The summed E-state index contributed by atoms with van der Waals surface area (Å²) in [6, 6.07) is 7.90. The molecule has 1 fully saturated rings. The maximum Gasteiger partial charge on any atom is 0.195 e. The lowest BCUT2D eigenvalue weighted by atomic mass is 9.83. The van der Waals surface area contributed by atoms with E-state index in [9.17, 15) is 5.11 Å². The second kappa shape index (κ2) is 6.16. The van der Waals surface area contributed by atoms with Gasteiger partial charge in [0, 0.05) is 25.0 Å². The highest BCUT2D eigenvalue weighted by atomic mass is 16.3. The fourth-order valence-corrected chi connectivity index (χ4v) is 3.23. The minimum atomic E-state index is 0.0792. The van der Waals surface area contributed by atoms with Crippen molar-refractivity contribution in [3.8, 4) is 0 Å². The predicted octanol–water partition coefficient (Wildman–Crippen LogP) is 2.85. The van der Waals surface area contributed by atoms with Crippen LogP contribution in [0.4, 0.5) is 0 Å². The van der Waals surface area contributed by atoms with Gasteiger partial charge in [-0.15, -0.1) is 0 Å². The molecule has 2 heterocycles. The largest absolute Gasteiger partial charge is 0.441 e. The van der Waals surface area contributed by atoms with Crippen molar-refractivity contribution >= 4 is 11.1 Å². The van der Waals surface area contributed by atoms with Gasteiger partial charge in [0.15, 0.2) is 11.5 Å². The highest BCUT2D eigenvalue weighted by Gasteiger charge is 2.29. The molecule has 1 aromatic carbocycles. The van der Waals surface area contributed by atoms with Crippen LogP contribution in [0, 0.1) is 5.41 Å². The Kier molecular flexibility index (Phi) is 4.27. The van der Waals surface area contributed by atoms with E-state index in [-0.39, 0.29) is 12.0 Å². The number of hydrogen-bond donors (Lipinski definition) is 1. The number of benzene rings is 1. The molecule has 1 atom stereocenters. The lowest BCUT2D eigenvalue weighted by Gasteiger charge is -2.39. The van der Waals surface area contributed by atoms with Crippen molar-refractivity contribution in [2.75, 3.05) is 26.2 Å². The molecule has 1 aliphatic heterocycles. The van der Waals surface area contributed by atoms with E-state index in [1.54, 1.807) is 0 Å². The molecule has 4 nitrogen and oxygen atoms in total. The Balaban J connectivity index is 1.51. The van der Waals surface area contributed by atoms with Crippen molar-refractivity contribution < 1.29 is 9.52 Å². The minimum Gasteiger partial charge on any atom is -0.441 e. The number of nitrogens with zero attached hydrogens (tertiary/aromatic N) is 2.